The summed E-state index contributed by atoms with van der Waals surface area (Å²) in [5.74, 6) is 0. The van der Waals surface area contributed by atoms with Crippen molar-refractivity contribution < 1.29 is 8.42 Å². The fraction of sp³-hybridized carbons (Fsp3) is 0.0476. The first-order valence-corrected chi connectivity index (χ1v) is 10.4. The number of rotatable bonds is 4. The molecular formula is C21H16N4O2S. The monoisotopic (exact) mass is 388 g/mol. The summed E-state index contributed by atoms with van der Waals surface area (Å²) in [5, 5.41) is 13.9. The number of fused-ring (bicyclic) bond motifs is 1. The molecule has 2 N–H and O–H groups in total. The fourth-order valence-electron chi connectivity index (χ4n) is 3.12. The van der Waals surface area contributed by atoms with Crippen LogP contribution in [-0.2, 0) is 9.84 Å². The van der Waals surface area contributed by atoms with E-state index in [1.807, 2.05) is 30.5 Å². The van der Waals surface area contributed by atoms with Crippen LogP contribution < -0.4 is 5.32 Å². The lowest BCUT2D eigenvalue weighted by Crippen LogP contribution is -2.00. The van der Waals surface area contributed by atoms with E-state index in [0.717, 1.165) is 16.6 Å². The smallest absolute Gasteiger partial charge is 0.175 e. The average Bonchev–Trinajstić information content (AvgIpc) is 3.17. The number of hydrogen-bond donors (Lipinski definition) is 2. The first-order valence-electron chi connectivity index (χ1n) is 8.49. The van der Waals surface area contributed by atoms with Crippen molar-refractivity contribution in [2.24, 2.45) is 0 Å². The van der Waals surface area contributed by atoms with Crippen LogP contribution in [0.1, 0.15) is 5.56 Å². The third-order valence-electron chi connectivity index (χ3n) is 4.49. The second kappa shape index (κ2) is 6.83. The maximum absolute atomic E-state index is 11.9. The van der Waals surface area contributed by atoms with E-state index < -0.39 is 9.84 Å². The van der Waals surface area contributed by atoms with Crippen molar-refractivity contribution >= 4 is 32.1 Å². The highest BCUT2D eigenvalue weighted by Gasteiger charge is 2.15. The minimum absolute atomic E-state index is 0.214. The van der Waals surface area contributed by atoms with Gasteiger partial charge in [0.05, 0.1) is 16.1 Å². The zero-order valence-corrected chi connectivity index (χ0v) is 15.8. The molecule has 0 amide bonds. The molecule has 2 aromatic heterocycles. The second-order valence-electron chi connectivity index (χ2n) is 6.39. The summed E-state index contributed by atoms with van der Waals surface area (Å²) in [6, 6.07) is 16.5. The van der Waals surface area contributed by atoms with Gasteiger partial charge in [-0.1, -0.05) is 18.2 Å². The van der Waals surface area contributed by atoms with Gasteiger partial charge < -0.3 is 10.3 Å². The molecule has 0 saturated carbocycles. The number of pyridine rings is 1. The maximum Gasteiger partial charge on any atom is 0.175 e. The van der Waals surface area contributed by atoms with Crippen LogP contribution in [0.15, 0.2) is 72.0 Å². The molecule has 0 aliphatic heterocycles. The third kappa shape index (κ3) is 3.21. The van der Waals surface area contributed by atoms with E-state index in [1.165, 1.54) is 12.5 Å². The zero-order valence-electron chi connectivity index (χ0n) is 15.0. The number of sulfone groups is 1. The van der Waals surface area contributed by atoms with Crippen LogP contribution in [0.25, 0.3) is 22.0 Å². The Balaban J connectivity index is 1.89. The molecule has 0 spiro atoms. The number of H-pyrrole nitrogens is 1. The van der Waals surface area contributed by atoms with Crippen molar-refractivity contribution in [3.05, 3.63) is 72.7 Å². The molecule has 4 aromatic rings. The number of aromatic amines is 1. The van der Waals surface area contributed by atoms with Crippen molar-refractivity contribution in [1.29, 1.82) is 5.26 Å². The number of nitriles is 1. The molecule has 0 atom stereocenters. The molecule has 0 unspecified atom stereocenters. The molecule has 0 aliphatic rings. The summed E-state index contributed by atoms with van der Waals surface area (Å²) in [5.41, 5.74) is 4.07. The van der Waals surface area contributed by atoms with Crippen LogP contribution in [0.5, 0.6) is 0 Å². The molecule has 138 valence electrons. The molecule has 0 radical (unpaired) electrons. The summed E-state index contributed by atoms with van der Waals surface area (Å²) in [7, 11) is -3.35. The lowest BCUT2D eigenvalue weighted by molar-refractivity contribution is 0.602. The molecule has 6 nitrogen and oxygen atoms in total. The van der Waals surface area contributed by atoms with Crippen LogP contribution in [0, 0.1) is 11.3 Å². The van der Waals surface area contributed by atoms with Gasteiger partial charge in [0, 0.05) is 47.0 Å². The normalized spacial score (nSPS) is 11.3. The lowest BCUT2D eigenvalue weighted by Gasteiger charge is -2.15. The van der Waals surface area contributed by atoms with E-state index in [9.17, 15) is 13.7 Å². The number of hydrogen-bond acceptors (Lipinski definition) is 5. The topological polar surface area (TPSA) is 98.6 Å². The first kappa shape index (κ1) is 17.8. The summed E-state index contributed by atoms with van der Waals surface area (Å²) >= 11 is 0. The SMILES string of the molecule is CS(=O)(=O)c1cccc(-c2cncc(C#N)c2Nc2cccc3[nH]ccc23)c1. The Labute approximate surface area is 162 Å². The van der Waals surface area contributed by atoms with Crippen molar-refractivity contribution in [3.8, 4) is 17.2 Å². The number of benzene rings is 2. The summed E-state index contributed by atoms with van der Waals surface area (Å²) in [6.45, 7) is 0. The Bertz CT molecular complexity index is 1330. The van der Waals surface area contributed by atoms with Gasteiger partial charge in [0.25, 0.3) is 0 Å². The van der Waals surface area contributed by atoms with Gasteiger partial charge >= 0.3 is 0 Å². The van der Waals surface area contributed by atoms with Crippen LogP contribution >= 0.6 is 0 Å². The van der Waals surface area contributed by atoms with Gasteiger partial charge in [-0.25, -0.2) is 8.42 Å². The minimum Gasteiger partial charge on any atom is -0.361 e. The molecule has 4 rings (SSSR count). The maximum atomic E-state index is 11.9. The lowest BCUT2D eigenvalue weighted by atomic mass is 10.0. The molecule has 0 bridgehead atoms. The standard InChI is InChI=1S/C21H16N4O2S/c1-28(26,27)16-5-2-4-14(10-16)18-13-23-12-15(11-22)21(18)25-20-7-3-6-19-17(20)8-9-24-19/h2-10,12-13,24H,1H3,(H,23,25). The molecular weight excluding hydrogens is 372 g/mol. The second-order valence-corrected chi connectivity index (χ2v) is 8.41. The predicted octanol–water partition coefficient (Wildman–Crippen LogP) is 4.25. The van der Waals surface area contributed by atoms with Crippen LogP contribution in [0.3, 0.4) is 0 Å². The Hall–Kier alpha value is -3.63. The summed E-state index contributed by atoms with van der Waals surface area (Å²) in [4.78, 5) is 7.53. The highest BCUT2D eigenvalue weighted by Crippen LogP contribution is 2.35. The van der Waals surface area contributed by atoms with E-state index in [0.29, 0.717) is 22.4 Å². The molecule has 2 aromatic carbocycles. The van der Waals surface area contributed by atoms with Gasteiger partial charge in [-0.05, 0) is 35.9 Å². The van der Waals surface area contributed by atoms with Crippen molar-refractivity contribution in [2.75, 3.05) is 11.6 Å². The van der Waals surface area contributed by atoms with Crippen molar-refractivity contribution in [2.45, 2.75) is 4.90 Å². The highest BCUT2D eigenvalue weighted by molar-refractivity contribution is 7.90. The van der Waals surface area contributed by atoms with E-state index in [1.54, 1.807) is 30.5 Å². The first-order chi connectivity index (χ1) is 13.5. The molecule has 0 saturated heterocycles. The van der Waals surface area contributed by atoms with Gasteiger partial charge in [0.15, 0.2) is 9.84 Å². The fourth-order valence-corrected chi connectivity index (χ4v) is 3.79. The number of anilines is 2. The van der Waals surface area contributed by atoms with E-state index in [4.69, 9.17) is 0 Å². The van der Waals surface area contributed by atoms with Crippen LogP contribution in [-0.4, -0.2) is 24.6 Å². The Kier molecular flexibility index (Phi) is 4.34. The van der Waals surface area contributed by atoms with Crippen molar-refractivity contribution in [1.82, 2.24) is 9.97 Å². The van der Waals surface area contributed by atoms with Gasteiger partial charge in [-0.3, -0.25) is 4.98 Å². The Morgan fingerprint density at radius 2 is 1.93 bits per heavy atom. The predicted molar refractivity (Wildman–Crippen MR) is 109 cm³/mol. The Morgan fingerprint density at radius 1 is 1.11 bits per heavy atom. The molecule has 7 heteroatoms. The highest BCUT2D eigenvalue weighted by atomic mass is 32.2. The molecule has 28 heavy (non-hydrogen) atoms. The Morgan fingerprint density at radius 3 is 2.71 bits per heavy atom. The van der Waals surface area contributed by atoms with Gasteiger partial charge in [-0.15, -0.1) is 0 Å². The third-order valence-corrected chi connectivity index (χ3v) is 5.60. The van der Waals surface area contributed by atoms with E-state index in [2.05, 4.69) is 21.4 Å². The summed E-state index contributed by atoms with van der Waals surface area (Å²) in [6.07, 6.45) is 6.14. The van der Waals surface area contributed by atoms with Crippen LogP contribution in [0.2, 0.25) is 0 Å². The number of nitrogens with zero attached hydrogens (tertiary/aromatic N) is 2. The minimum atomic E-state index is -3.35. The van der Waals surface area contributed by atoms with Crippen molar-refractivity contribution in [3.63, 3.8) is 0 Å². The van der Waals surface area contributed by atoms with Gasteiger partial charge in [0.1, 0.15) is 6.07 Å². The van der Waals surface area contributed by atoms with E-state index in [-0.39, 0.29) is 4.90 Å². The number of aromatic nitrogens is 2. The zero-order chi connectivity index (χ0) is 19.7. The van der Waals surface area contributed by atoms with Gasteiger partial charge in [-0.2, -0.15) is 5.26 Å². The van der Waals surface area contributed by atoms with E-state index >= 15 is 0 Å². The summed E-state index contributed by atoms with van der Waals surface area (Å²) < 4.78 is 23.9. The number of nitrogens with one attached hydrogen (secondary N) is 2. The average molecular weight is 388 g/mol. The molecule has 0 fully saturated rings. The van der Waals surface area contributed by atoms with Gasteiger partial charge in [0.2, 0.25) is 0 Å². The quantitative estimate of drug-likeness (QED) is 0.544. The molecule has 0 aliphatic carbocycles. The molecule has 2 heterocycles. The largest absolute Gasteiger partial charge is 0.361 e. The van der Waals surface area contributed by atoms with Crippen LogP contribution in [0.4, 0.5) is 11.4 Å².